The van der Waals surface area contributed by atoms with Gasteiger partial charge in [-0.05, 0) is 5.56 Å². The van der Waals surface area contributed by atoms with Gasteiger partial charge in [-0.3, -0.25) is 4.79 Å². The van der Waals surface area contributed by atoms with Crippen molar-refractivity contribution >= 4 is 5.91 Å². The van der Waals surface area contributed by atoms with Gasteiger partial charge in [0.15, 0.2) is 0 Å². The highest BCUT2D eigenvalue weighted by Gasteiger charge is 2.06. The van der Waals surface area contributed by atoms with Crippen molar-refractivity contribution in [3.8, 4) is 0 Å². The molecule has 0 aliphatic rings. The van der Waals surface area contributed by atoms with Gasteiger partial charge in [-0.2, -0.15) is 0 Å². The van der Waals surface area contributed by atoms with Gasteiger partial charge in [0.25, 0.3) is 0 Å². The quantitative estimate of drug-likeness (QED) is 0.731. The van der Waals surface area contributed by atoms with Crippen LogP contribution >= 0.6 is 0 Å². The third-order valence-corrected chi connectivity index (χ3v) is 2.10. The maximum atomic E-state index is 11.5. The molecule has 88 valence electrons. The van der Waals surface area contributed by atoms with E-state index in [0.717, 1.165) is 5.56 Å². The average Bonchev–Trinajstić information content (AvgIpc) is 2.28. The van der Waals surface area contributed by atoms with Crippen LogP contribution in [-0.2, 0) is 16.0 Å². The molecular weight excluding hydrogens is 206 g/mol. The van der Waals surface area contributed by atoms with Gasteiger partial charge in [-0.15, -0.1) is 0 Å². The zero-order valence-corrected chi connectivity index (χ0v) is 9.35. The van der Waals surface area contributed by atoms with Gasteiger partial charge in [0, 0.05) is 13.7 Å². The van der Waals surface area contributed by atoms with E-state index in [1.807, 2.05) is 30.3 Å². The van der Waals surface area contributed by atoms with Crippen molar-refractivity contribution in [1.29, 1.82) is 0 Å². The Bertz CT molecular complexity index is 313. The fourth-order valence-corrected chi connectivity index (χ4v) is 1.33. The average molecular weight is 223 g/mol. The van der Waals surface area contributed by atoms with Crippen LogP contribution < -0.4 is 5.32 Å². The lowest BCUT2D eigenvalue weighted by Crippen LogP contribution is -2.35. The number of ether oxygens (including phenoxy) is 1. The molecule has 1 amide bonds. The SMILES string of the molecule is COCC(O)CNC(=O)Cc1ccccc1. The summed E-state index contributed by atoms with van der Waals surface area (Å²) in [4.78, 5) is 11.5. The molecule has 0 bridgehead atoms. The number of carbonyl (C=O) groups excluding carboxylic acids is 1. The lowest BCUT2D eigenvalue weighted by Gasteiger charge is -2.10. The Balaban J connectivity index is 2.26. The molecular formula is C12H17NO3. The molecule has 0 heterocycles. The van der Waals surface area contributed by atoms with Crippen molar-refractivity contribution in [1.82, 2.24) is 5.32 Å². The van der Waals surface area contributed by atoms with Crippen LogP contribution in [-0.4, -0.2) is 37.4 Å². The normalized spacial score (nSPS) is 12.1. The molecule has 1 unspecified atom stereocenters. The number of rotatable bonds is 6. The number of nitrogens with one attached hydrogen (secondary N) is 1. The third kappa shape index (κ3) is 4.91. The van der Waals surface area contributed by atoms with Crippen molar-refractivity contribution in [2.24, 2.45) is 0 Å². The summed E-state index contributed by atoms with van der Waals surface area (Å²) in [6, 6.07) is 9.48. The Kier molecular flexibility index (Phi) is 5.53. The Labute approximate surface area is 95.2 Å². The van der Waals surface area contributed by atoms with Gasteiger partial charge in [0.1, 0.15) is 0 Å². The molecule has 0 aliphatic carbocycles. The number of aliphatic hydroxyl groups excluding tert-OH is 1. The molecule has 1 atom stereocenters. The molecule has 4 nitrogen and oxygen atoms in total. The number of hydrogen-bond acceptors (Lipinski definition) is 3. The van der Waals surface area contributed by atoms with Gasteiger partial charge in [0.05, 0.1) is 19.1 Å². The van der Waals surface area contributed by atoms with E-state index >= 15 is 0 Å². The van der Waals surface area contributed by atoms with Gasteiger partial charge >= 0.3 is 0 Å². The first kappa shape index (κ1) is 12.7. The summed E-state index contributed by atoms with van der Waals surface area (Å²) >= 11 is 0. The Morgan fingerprint density at radius 3 is 2.75 bits per heavy atom. The number of hydrogen-bond donors (Lipinski definition) is 2. The first-order valence-corrected chi connectivity index (χ1v) is 5.20. The lowest BCUT2D eigenvalue weighted by molar-refractivity contribution is -0.121. The van der Waals surface area contributed by atoms with E-state index in [4.69, 9.17) is 4.74 Å². The zero-order valence-electron chi connectivity index (χ0n) is 9.35. The first-order valence-electron chi connectivity index (χ1n) is 5.20. The van der Waals surface area contributed by atoms with Crippen LogP contribution in [0.15, 0.2) is 30.3 Å². The maximum absolute atomic E-state index is 11.5. The molecule has 16 heavy (non-hydrogen) atoms. The molecule has 1 aromatic rings. The van der Waals surface area contributed by atoms with Gasteiger partial charge in [0.2, 0.25) is 5.91 Å². The predicted molar refractivity (Wildman–Crippen MR) is 61.0 cm³/mol. The van der Waals surface area contributed by atoms with E-state index < -0.39 is 6.10 Å². The Morgan fingerprint density at radius 2 is 2.12 bits per heavy atom. The predicted octanol–water partition coefficient (Wildman–Crippen LogP) is 0.353. The highest BCUT2D eigenvalue weighted by atomic mass is 16.5. The standard InChI is InChI=1S/C12H17NO3/c1-16-9-11(14)8-13-12(15)7-10-5-3-2-4-6-10/h2-6,11,14H,7-9H2,1H3,(H,13,15). The van der Waals surface area contributed by atoms with E-state index in [9.17, 15) is 9.90 Å². The third-order valence-electron chi connectivity index (χ3n) is 2.10. The van der Waals surface area contributed by atoms with Crippen LogP contribution in [0.5, 0.6) is 0 Å². The minimum atomic E-state index is -0.648. The van der Waals surface area contributed by atoms with E-state index in [1.165, 1.54) is 7.11 Å². The highest BCUT2D eigenvalue weighted by Crippen LogP contribution is 1.98. The summed E-state index contributed by atoms with van der Waals surface area (Å²) in [5.74, 6) is -0.0960. The van der Waals surface area contributed by atoms with Gasteiger partial charge in [-0.1, -0.05) is 30.3 Å². The number of benzene rings is 1. The minimum absolute atomic E-state index is 0.0960. The fraction of sp³-hybridized carbons (Fsp3) is 0.417. The monoisotopic (exact) mass is 223 g/mol. The Hall–Kier alpha value is -1.39. The molecule has 0 spiro atoms. The number of methoxy groups -OCH3 is 1. The number of amides is 1. The van der Waals surface area contributed by atoms with Crippen LogP contribution in [0.2, 0.25) is 0 Å². The van der Waals surface area contributed by atoms with Crippen molar-refractivity contribution in [3.63, 3.8) is 0 Å². The van der Waals surface area contributed by atoms with Crippen LogP contribution in [0.1, 0.15) is 5.56 Å². The highest BCUT2D eigenvalue weighted by molar-refractivity contribution is 5.78. The second kappa shape index (κ2) is 6.98. The summed E-state index contributed by atoms with van der Waals surface area (Å²) in [5, 5.41) is 12.0. The summed E-state index contributed by atoms with van der Waals surface area (Å²) in [6.07, 6.45) is -0.315. The lowest BCUT2D eigenvalue weighted by atomic mass is 10.1. The molecule has 0 aromatic heterocycles. The molecule has 0 radical (unpaired) electrons. The van der Waals surface area contributed by atoms with Crippen LogP contribution in [0, 0.1) is 0 Å². The van der Waals surface area contributed by atoms with Crippen molar-refractivity contribution in [2.45, 2.75) is 12.5 Å². The molecule has 2 N–H and O–H groups in total. The van der Waals surface area contributed by atoms with Crippen LogP contribution in [0.25, 0.3) is 0 Å². The molecule has 0 saturated carbocycles. The minimum Gasteiger partial charge on any atom is -0.389 e. The Morgan fingerprint density at radius 1 is 1.44 bits per heavy atom. The topological polar surface area (TPSA) is 58.6 Å². The van der Waals surface area contributed by atoms with E-state index in [-0.39, 0.29) is 19.1 Å². The molecule has 0 aliphatic heterocycles. The zero-order chi connectivity index (χ0) is 11.8. The molecule has 0 saturated heterocycles. The van der Waals surface area contributed by atoms with Crippen molar-refractivity contribution in [2.75, 3.05) is 20.3 Å². The van der Waals surface area contributed by atoms with Crippen molar-refractivity contribution in [3.05, 3.63) is 35.9 Å². The maximum Gasteiger partial charge on any atom is 0.224 e. The molecule has 4 heteroatoms. The summed E-state index contributed by atoms with van der Waals surface area (Å²) in [6.45, 7) is 0.450. The summed E-state index contributed by atoms with van der Waals surface area (Å²) in [5.41, 5.74) is 0.959. The van der Waals surface area contributed by atoms with Crippen molar-refractivity contribution < 1.29 is 14.6 Å². The molecule has 0 fully saturated rings. The van der Waals surface area contributed by atoms with E-state index in [0.29, 0.717) is 6.42 Å². The summed E-state index contributed by atoms with van der Waals surface area (Å²) in [7, 11) is 1.51. The van der Waals surface area contributed by atoms with Gasteiger partial charge < -0.3 is 15.2 Å². The fourth-order valence-electron chi connectivity index (χ4n) is 1.33. The van der Waals surface area contributed by atoms with E-state index in [1.54, 1.807) is 0 Å². The van der Waals surface area contributed by atoms with Gasteiger partial charge in [-0.25, -0.2) is 0 Å². The summed E-state index contributed by atoms with van der Waals surface area (Å²) < 4.78 is 4.75. The second-order valence-corrected chi connectivity index (χ2v) is 3.58. The largest absolute Gasteiger partial charge is 0.389 e. The first-order chi connectivity index (χ1) is 7.72. The molecule has 1 aromatic carbocycles. The molecule has 1 rings (SSSR count). The van der Waals surface area contributed by atoms with Crippen LogP contribution in [0.4, 0.5) is 0 Å². The second-order valence-electron chi connectivity index (χ2n) is 3.58. The number of aliphatic hydroxyl groups is 1. The number of carbonyl (C=O) groups is 1. The smallest absolute Gasteiger partial charge is 0.224 e. The van der Waals surface area contributed by atoms with E-state index in [2.05, 4.69) is 5.32 Å². The van der Waals surface area contributed by atoms with Crippen LogP contribution in [0.3, 0.4) is 0 Å².